The zero-order valence-corrected chi connectivity index (χ0v) is 13.8. The van der Waals surface area contributed by atoms with Gasteiger partial charge in [-0.1, -0.05) is 51.9 Å². The average Bonchev–Trinajstić information content (AvgIpc) is 2.35. The van der Waals surface area contributed by atoms with Gasteiger partial charge < -0.3 is 10.1 Å². The lowest BCUT2D eigenvalue weighted by atomic mass is 9.84. The molecule has 1 amide bonds. The number of rotatable bonds is 6. The van der Waals surface area contributed by atoms with Crippen LogP contribution in [0.3, 0.4) is 0 Å². The summed E-state index contributed by atoms with van der Waals surface area (Å²) in [4.78, 5) is 11.9. The van der Waals surface area contributed by atoms with Crippen molar-refractivity contribution in [2.24, 2.45) is 5.92 Å². The molecule has 1 saturated carbocycles. The van der Waals surface area contributed by atoms with Crippen molar-refractivity contribution in [3.8, 4) is 0 Å². The maximum absolute atomic E-state index is 11.9. The first-order valence-electron chi connectivity index (χ1n) is 8.40. The van der Waals surface area contributed by atoms with Gasteiger partial charge in [-0.25, -0.2) is 4.79 Å². The van der Waals surface area contributed by atoms with Gasteiger partial charge in [-0.15, -0.1) is 0 Å². The van der Waals surface area contributed by atoms with Gasteiger partial charge in [-0.3, -0.25) is 0 Å². The SMILES string of the molecule is CCCC[C@H](CC1CCCCC1)NC(=O)OC(C)(C)C. The molecule has 0 unspecified atom stereocenters. The Morgan fingerprint density at radius 1 is 1.25 bits per heavy atom. The summed E-state index contributed by atoms with van der Waals surface area (Å²) in [5.74, 6) is 0.792. The van der Waals surface area contributed by atoms with Crippen LogP contribution < -0.4 is 5.32 Å². The van der Waals surface area contributed by atoms with E-state index in [4.69, 9.17) is 4.74 Å². The summed E-state index contributed by atoms with van der Waals surface area (Å²) in [6.07, 6.45) is 11.1. The molecule has 0 bridgehead atoms. The molecule has 1 rings (SSSR count). The molecule has 0 radical (unpaired) electrons. The molecule has 3 nitrogen and oxygen atoms in total. The average molecular weight is 283 g/mol. The molecule has 3 heteroatoms. The highest BCUT2D eigenvalue weighted by Crippen LogP contribution is 2.28. The Kier molecular flexibility index (Phi) is 7.39. The van der Waals surface area contributed by atoms with Crippen LogP contribution in [0.1, 0.15) is 85.5 Å². The monoisotopic (exact) mass is 283 g/mol. The Labute approximate surface area is 124 Å². The highest BCUT2D eigenvalue weighted by atomic mass is 16.6. The maximum Gasteiger partial charge on any atom is 0.407 e. The molecule has 0 aliphatic heterocycles. The topological polar surface area (TPSA) is 38.3 Å². The van der Waals surface area contributed by atoms with Crippen molar-refractivity contribution in [1.29, 1.82) is 0 Å². The molecular formula is C17H33NO2. The summed E-state index contributed by atoms with van der Waals surface area (Å²) >= 11 is 0. The Balaban J connectivity index is 2.43. The van der Waals surface area contributed by atoms with Gasteiger partial charge in [-0.05, 0) is 39.5 Å². The van der Waals surface area contributed by atoms with Crippen molar-refractivity contribution >= 4 is 6.09 Å². The second-order valence-corrected chi connectivity index (χ2v) is 7.23. The zero-order chi connectivity index (χ0) is 15.0. The van der Waals surface area contributed by atoms with Crippen LogP contribution in [-0.2, 0) is 4.74 Å². The number of hydrogen-bond donors (Lipinski definition) is 1. The van der Waals surface area contributed by atoms with E-state index in [0.717, 1.165) is 18.8 Å². The van der Waals surface area contributed by atoms with E-state index in [1.807, 2.05) is 20.8 Å². The Bertz CT molecular complexity index is 277. The highest BCUT2D eigenvalue weighted by Gasteiger charge is 2.22. The third-order valence-corrected chi connectivity index (χ3v) is 3.97. The normalized spacial score (nSPS) is 18.6. The minimum Gasteiger partial charge on any atom is -0.444 e. The quantitative estimate of drug-likeness (QED) is 0.741. The summed E-state index contributed by atoms with van der Waals surface area (Å²) in [6.45, 7) is 7.93. The fourth-order valence-corrected chi connectivity index (χ4v) is 3.00. The van der Waals surface area contributed by atoms with E-state index in [1.54, 1.807) is 0 Å². The van der Waals surface area contributed by atoms with E-state index in [1.165, 1.54) is 44.9 Å². The fourth-order valence-electron chi connectivity index (χ4n) is 3.00. The molecule has 20 heavy (non-hydrogen) atoms. The molecule has 118 valence electrons. The molecule has 1 aliphatic rings. The van der Waals surface area contributed by atoms with Crippen LogP contribution in [0.2, 0.25) is 0 Å². The highest BCUT2D eigenvalue weighted by molar-refractivity contribution is 5.68. The zero-order valence-electron chi connectivity index (χ0n) is 13.8. The van der Waals surface area contributed by atoms with E-state index < -0.39 is 5.60 Å². The lowest BCUT2D eigenvalue weighted by Gasteiger charge is -2.28. The number of hydrogen-bond acceptors (Lipinski definition) is 2. The van der Waals surface area contributed by atoms with Gasteiger partial charge in [0.2, 0.25) is 0 Å². The van der Waals surface area contributed by atoms with Crippen LogP contribution >= 0.6 is 0 Å². The molecule has 1 aliphatic carbocycles. The van der Waals surface area contributed by atoms with Crippen molar-refractivity contribution in [3.63, 3.8) is 0 Å². The third kappa shape index (κ3) is 7.76. The van der Waals surface area contributed by atoms with Gasteiger partial charge in [0.05, 0.1) is 0 Å². The first-order valence-corrected chi connectivity index (χ1v) is 8.40. The number of amides is 1. The predicted molar refractivity (Wildman–Crippen MR) is 83.9 cm³/mol. The van der Waals surface area contributed by atoms with E-state index >= 15 is 0 Å². The molecule has 1 fully saturated rings. The van der Waals surface area contributed by atoms with Crippen molar-refractivity contribution in [3.05, 3.63) is 0 Å². The molecule has 0 aromatic rings. The number of alkyl carbamates (subject to hydrolysis) is 1. The van der Waals surface area contributed by atoms with Crippen molar-refractivity contribution in [2.45, 2.75) is 97.1 Å². The van der Waals surface area contributed by atoms with E-state index in [2.05, 4.69) is 12.2 Å². The third-order valence-electron chi connectivity index (χ3n) is 3.97. The number of unbranched alkanes of at least 4 members (excludes halogenated alkanes) is 1. The minimum atomic E-state index is -0.412. The van der Waals surface area contributed by atoms with Crippen molar-refractivity contribution in [2.75, 3.05) is 0 Å². The van der Waals surface area contributed by atoms with Crippen LogP contribution in [0, 0.1) is 5.92 Å². The first kappa shape index (κ1) is 17.3. The standard InChI is InChI=1S/C17H33NO2/c1-5-6-12-15(13-14-10-8-7-9-11-14)18-16(19)20-17(2,3)4/h14-15H,5-13H2,1-4H3,(H,18,19)/t15-/m1/s1. The summed E-state index contributed by atoms with van der Waals surface area (Å²) in [5.41, 5.74) is -0.412. The van der Waals surface area contributed by atoms with Crippen molar-refractivity contribution in [1.82, 2.24) is 5.32 Å². The van der Waals surface area contributed by atoms with Gasteiger partial charge in [0.1, 0.15) is 5.60 Å². The van der Waals surface area contributed by atoms with Crippen LogP contribution in [0.5, 0.6) is 0 Å². The summed E-state index contributed by atoms with van der Waals surface area (Å²) in [7, 11) is 0. The molecular weight excluding hydrogens is 250 g/mol. The van der Waals surface area contributed by atoms with Gasteiger partial charge in [0, 0.05) is 6.04 Å². The summed E-state index contributed by atoms with van der Waals surface area (Å²) in [6, 6.07) is 0.285. The molecule has 0 heterocycles. The lowest BCUT2D eigenvalue weighted by molar-refractivity contribution is 0.0491. The van der Waals surface area contributed by atoms with Crippen LogP contribution in [0.25, 0.3) is 0 Å². The maximum atomic E-state index is 11.9. The van der Waals surface area contributed by atoms with Crippen LogP contribution in [-0.4, -0.2) is 17.7 Å². The Morgan fingerprint density at radius 2 is 1.90 bits per heavy atom. The fraction of sp³-hybridized carbons (Fsp3) is 0.941. The van der Waals surface area contributed by atoms with Gasteiger partial charge in [-0.2, -0.15) is 0 Å². The van der Waals surface area contributed by atoms with Crippen LogP contribution in [0.4, 0.5) is 4.79 Å². The Morgan fingerprint density at radius 3 is 2.45 bits per heavy atom. The van der Waals surface area contributed by atoms with Gasteiger partial charge >= 0.3 is 6.09 Å². The summed E-state index contributed by atoms with van der Waals surface area (Å²) < 4.78 is 5.39. The lowest BCUT2D eigenvalue weighted by Crippen LogP contribution is -2.40. The first-order chi connectivity index (χ1) is 9.40. The second-order valence-electron chi connectivity index (χ2n) is 7.23. The van der Waals surface area contributed by atoms with E-state index in [9.17, 15) is 4.79 Å². The second kappa shape index (κ2) is 8.53. The van der Waals surface area contributed by atoms with Gasteiger partial charge in [0.25, 0.3) is 0 Å². The molecule has 0 aromatic carbocycles. The number of nitrogens with one attached hydrogen (secondary N) is 1. The van der Waals surface area contributed by atoms with Crippen molar-refractivity contribution < 1.29 is 9.53 Å². The Hall–Kier alpha value is -0.730. The minimum absolute atomic E-state index is 0.255. The molecule has 1 N–H and O–H groups in total. The molecule has 0 saturated heterocycles. The van der Waals surface area contributed by atoms with E-state index in [-0.39, 0.29) is 12.1 Å². The molecule has 0 aromatic heterocycles. The number of ether oxygens (including phenoxy) is 1. The smallest absolute Gasteiger partial charge is 0.407 e. The molecule has 0 spiro atoms. The largest absolute Gasteiger partial charge is 0.444 e. The van der Waals surface area contributed by atoms with E-state index in [0.29, 0.717) is 0 Å². The van der Waals surface area contributed by atoms with Crippen LogP contribution in [0.15, 0.2) is 0 Å². The summed E-state index contributed by atoms with van der Waals surface area (Å²) in [5, 5.41) is 3.09. The predicted octanol–water partition coefficient (Wildman–Crippen LogP) is 5.04. The number of carbonyl (C=O) groups excluding carboxylic acids is 1. The molecule has 1 atom stereocenters. The van der Waals surface area contributed by atoms with Gasteiger partial charge in [0.15, 0.2) is 0 Å². The number of carbonyl (C=O) groups is 1.